The number of amides is 1. The minimum absolute atomic E-state index is 0.0267. The van der Waals surface area contributed by atoms with E-state index in [2.05, 4.69) is 29.7 Å². The molecule has 2 aliphatic carbocycles. The summed E-state index contributed by atoms with van der Waals surface area (Å²) in [6.07, 6.45) is 5.41. The number of benzene rings is 2. The first-order valence-electron chi connectivity index (χ1n) is 15.2. The van der Waals surface area contributed by atoms with Crippen molar-refractivity contribution in [2.75, 3.05) is 26.2 Å². The van der Waals surface area contributed by atoms with Crippen LogP contribution in [0.15, 0.2) is 54.6 Å². The van der Waals surface area contributed by atoms with Gasteiger partial charge in [-0.1, -0.05) is 44.2 Å². The highest BCUT2D eigenvalue weighted by atomic mass is 16.6. The maximum absolute atomic E-state index is 14.0. The molecule has 7 heteroatoms. The van der Waals surface area contributed by atoms with Crippen molar-refractivity contribution >= 4 is 17.8 Å². The molecule has 0 radical (unpaired) electrons. The number of ether oxygens (including phenoxy) is 2. The average molecular weight is 561 g/mol. The predicted molar refractivity (Wildman–Crippen MR) is 158 cm³/mol. The highest BCUT2D eigenvalue weighted by Crippen LogP contribution is 2.55. The van der Waals surface area contributed by atoms with E-state index in [4.69, 9.17) is 9.47 Å². The molecule has 0 spiro atoms. The van der Waals surface area contributed by atoms with E-state index >= 15 is 0 Å². The van der Waals surface area contributed by atoms with Crippen LogP contribution in [-0.4, -0.2) is 65.5 Å². The normalized spacial score (nSPS) is 26.2. The highest BCUT2D eigenvalue weighted by molar-refractivity contribution is 5.94. The minimum atomic E-state index is -0.739. The second kappa shape index (κ2) is 12.0. The van der Waals surface area contributed by atoms with E-state index in [-0.39, 0.29) is 23.9 Å². The van der Waals surface area contributed by atoms with Gasteiger partial charge >= 0.3 is 11.9 Å². The van der Waals surface area contributed by atoms with Crippen LogP contribution >= 0.6 is 0 Å². The number of piperidine rings is 1. The summed E-state index contributed by atoms with van der Waals surface area (Å²) in [7, 11) is 0. The molecule has 5 rings (SSSR count). The van der Waals surface area contributed by atoms with Crippen molar-refractivity contribution in [1.82, 2.24) is 9.80 Å². The Bertz CT molecular complexity index is 1260. The first kappa shape index (κ1) is 29.3. The number of carbonyl (C=O) groups excluding carboxylic acids is 3. The summed E-state index contributed by atoms with van der Waals surface area (Å²) in [6.45, 7) is 10.4. The quantitative estimate of drug-likeness (QED) is 0.293. The maximum atomic E-state index is 14.0. The molecule has 1 amide bonds. The largest absolute Gasteiger partial charge is 0.457 e. The molecule has 2 aromatic rings. The third kappa shape index (κ3) is 6.35. The van der Waals surface area contributed by atoms with Gasteiger partial charge in [0.1, 0.15) is 11.4 Å². The smallest absolute Gasteiger partial charge is 0.308 e. The number of hydrogen-bond acceptors (Lipinski definition) is 6. The van der Waals surface area contributed by atoms with Crippen LogP contribution in [0.5, 0.6) is 5.75 Å². The molecule has 0 bridgehead atoms. The van der Waals surface area contributed by atoms with E-state index in [1.54, 1.807) is 6.07 Å². The maximum Gasteiger partial charge on any atom is 0.308 e. The Hall–Kier alpha value is -3.19. The van der Waals surface area contributed by atoms with Crippen molar-refractivity contribution in [3.63, 3.8) is 0 Å². The summed E-state index contributed by atoms with van der Waals surface area (Å²) in [5.41, 5.74) is 0.417. The first-order chi connectivity index (χ1) is 19.6. The summed E-state index contributed by atoms with van der Waals surface area (Å²) in [4.78, 5) is 43.1. The Balaban J connectivity index is 1.58. The summed E-state index contributed by atoms with van der Waals surface area (Å²) >= 11 is 0. The van der Waals surface area contributed by atoms with E-state index < -0.39 is 11.0 Å². The van der Waals surface area contributed by atoms with Gasteiger partial charge in [-0.25, -0.2) is 0 Å². The standard InChI is InChI=1S/C34H44N2O5/c1-24(2)21-36(32(39)28-9-6-5-7-10-28)30-15-16-34(41-26(4)38)23-35(22-27-13-14-27)18-17-33(34,20-30)29-11-8-12-31(19-29)40-25(3)37/h5-12,19,24,27,30H,13-18,20-23H2,1-4H3/t30-,33?,34?/m1/s1. The first-order valence-corrected chi connectivity index (χ1v) is 15.2. The third-order valence-electron chi connectivity index (χ3n) is 9.16. The van der Waals surface area contributed by atoms with Crippen molar-refractivity contribution in [3.8, 4) is 5.75 Å². The molecule has 0 N–H and O–H groups in total. The third-order valence-corrected chi connectivity index (χ3v) is 9.16. The van der Waals surface area contributed by atoms with Crippen molar-refractivity contribution in [2.24, 2.45) is 11.8 Å². The van der Waals surface area contributed by atoms with Gasteiger partial charge in [0.05, 0.1) is 0 Å². The molecule has 3 fully saturated rings. The number of carbonyl (C=O) groups is 3. The molecule has 2 unspecified atom stereocenters. The van der Waals surface area contributed by atoms with Gasteiger partial charge in [-0.05, 0) is 86.7 Å². The van der Waals surface area contributed by atoms with E-state index in [0.29, 0.717) is 43.2 Å². The lowest BCUT2D eigenvalue weighted by molar-refractivity contribution is -0.189. The Kier molecular flexibility index (Phi) is 8.55. The molecule has 7 nitrogen and oxygen atoms in total. The number of hydrogen-bond donors (Lipinski definition) is 0. The fourth-order valence-electron chi connectivity index (χ4n) is 7.31. The molecule has 220 valence electrons. The van der Waals surface area contributed by atoms with Crippen LogP contribution in [0.1, 0.15) is 82.1 Å². The molecule has 1 aliphatic heterocycles. The Labute approximate surface area is 244 Å². The van der Waals surface area contributed by atoms with Gasteiger partial charge in [-0.2, -0.15) is 0 Å². The molecule has 0 aromatic heterocycles. The summed E-state index contributed by atoms with van der Waals surface area (Å²) in [5.74, 6) is 0.902. The summed E-state index contributed by atoms with van der Waals surface area (Å²) in [5, 5.41) is 0. The minimum Gasteiger partial charge on any atom is -0.457 e. The van der Waals surface area contributed by atoms with Crippen LogP contribution < -0.4 is 4.74 Å². The molecule has 2 aromatic carbocycles. The molecule has 3 aliphatic rings. The molecule has 3 atom stereocenters. The van der Waals surface area contributed by atoms with Crippen LogP contribution in [0, 0.1) is 11.8 Å². The summed E-state index contributed by atoms with van der Waals surface area (Å²) in [6, 6.07) is 17.2. The lowest BCUT2D eigenvalue weighted by Crippen LogP contribution is -2.69. The van der Waals surface area contributed by atoms with Gasteiger partial charge in [0, 0.05) is 50.5 Å². The van der Waals surface area contributed by atoms with Gasteiger partial charge in [0.2, 0.25) is 0 Å². The second-order valence-corrected chi connectivity index (χ2v) is 12.8. The zero-order chi connectivity index (χ0) is 29.2. The molecule has 1 heterocycles. The SMILES string of the molecule is CC(=O)Oc1cccc(C23CCN(CC4CC4)CC2(OC(C)=O)CC[C@@H](N(CC(C)C)C(=O)c2ccccc2)C3)c1. The number of likely N-dealkylation sites (tertiary alicyclic amines) is 1. The van der Waals surface area contributed by atoms with Crippen molar-refractivity contribution in [2.45, 2.75) is 83.3 Å². The van der Waals surface area contributed by atoms with Gasteiger partial charge in [0.25, 0.3) is 5.91 Å². The fraction of sp³-hybridized carbons (Fsp3) is 0.559. The van der Waals surface area contributed by atoms with Crippen molar-refractivity contribution in [3.05, 3.63) is 65.7 Å². The summed E-state index contributed by atoms with van der Waals surface area (Å²) < 4.78 is 12.0. The van der Waals surface area contributed by atoms with Crippen LogP contribution in [0.25, 0.3) is 0 Å². The second-order valence-electron chi connectivity index (χ2n) is 12.8. The Morgan fingerprint density at radius 3 is 2.39 bits per heavy atom. The van der Waals surface area contributed by atoms with Gasteiger partial charge < -0.3 is 14.4 Å². The van der Waals surface area contributed by atoms with Crippen LogP contribution in [0.4, 0.5) is 0 Å². The van der Waals surface area contributed by atoms with Gasteiger partial charge in [-0.15, -0.1) is 0 Å². The van der Waals surface area contributed by atoms with E-state index in [1.165, 1.54) is 26.7 Å². The van der Waals surface area contributed by atoms with Gasteiger partial charge in [0.15, 0.2) is 0 Å². The van der Waals surface area contributed by atoms with E-state index in [1.807, 2.05) is 42.5 Å². The fourth-order valence-corrected chi connectivity index (χ4v) is 7.31. The Morgan fingerprint density at radius 1 is 0.976 bits per heavy atom. The van der Waals surface area contributed by atoms with Crippen molar-refractivity contribution < 1.29 is 23.9 Å². The molecule has 41 heavy (non-hydrogen) atoms. The lowest BCUT2D eigenvalue weighted by atomic mass is 9.54. The van der Waals surface area contributed by atoms with Gasteiger partial charge in [-0.3, -0.25) is 19.3 Å². The number of fused-ring (bicyclic) bond motifs is 1. The average Bonchev–Trinajstić information content (AvgIpc) is 3.75. The van der Waals surface area contributed by atoms with Crippen LogP contribution in [0.2, 0.25) is 0 Å². The molecule has 2 saturated carbocycles. The van der Waals surface area contributed by atoms with E-state index in [9.17, 15) is 14.4 Å². The Morgan fingerprint density at radius 2 is 1.73 bits per heavy atom. The molecule has 1 saturated heterocycles. The van der Waals surface area contributed by atoms with E-state index in [0.717, 1.165) is 37.4 Å². The van der Waals surface area contributed by atoms with Crippen LogP contribution in [-0.2, 0) is 19.7 Å². The predicted octanol–water partition coefficient (Wildman–Crippen LogP) is 5.62. The number of nitrogens with zero attached hydrogens (tertiary/aromatic N) is 2. The van der Waals surface area contributed by atoms with Crippen molar-refractivity contribution in [1.29, 1.82) is 0 Å². The monoisotopic (exact) mass is 560 g/mol. The molecular weight excluding hydrogens is 516 g/mol. The highest BCUT2D eigenvalue weighted by Gasteiger charge is 2.61. The van der Waals surface area contributed by atoms with Crippen LogP contribution in [0.3, 0.4) is 0 Å². The zero-order valence-electron chi connectivity index (χ0n) is 24.9. The zero-order valence-corrected chi connectivity index (χ0v) is 24.9. The molecular formula is C34H44N2O5. The topological polar surface area (TPSA) is 76.2 Å². The lowest BCUT2D eigenvalue weighted by Gasteiger charge is -2.60. The number of esters is 2. The number of rotatable bonds is 9.